The van der Waals surface area contributed by atoms with Crippen LogP contribution in [-0.2, 0) is 6.42 Å². The molecule has 70 valence electrons. The minimum absolute atomic E-state index is 0.0971. The Balaban J connectivity index is 2.43. The van der Waals surface area contributed by atoms with Crippen LogP contribution in [0.2, 0.25) is 0 Å². The van der Waals surface area contributed by atoms with Gasteiger partial charge < -0.3 is 4.90 Å². The molecule has 1 heterocycles. The van der Waals surface area contributed by atoms with E-state index in [0.717, 1.165) is 12.1 Å². The highest BCUT2D eigenvalue weighted by molar-refractivity contribution is 5.55. The SMILES string of the molecule is CC1Cc2ccccc2N(C)[C@H]1F. The zero-order valence-corrected chi connectivity index (χ0v) is 8.00. The van der Waals surface area contributed by atoms with Crippen molar-refractivity contribution < 1.29 is 4.39 Å². The Morgan fingerprint density at radius 2 is 2.08 bits per heavy atom. The average Bonchev–Trinajstić information content (AvgIpc) is 2.15. The van der Waals surface area contributed by atoms with Gasteiger partial charge in [0.25, 0.3) is 0 Å². The highest BCUT2D eigenvalue weighted by Gasteiger charge is 2.28. The lowest BCUT2D eigenvalue weighted by atomic mass is 9.93. The van der Waals surface area contributed by atoms with Gasteiger partial charge in [0.1, 0.15) is 0 Å². The Bertz CT molecular complexity index is 311. The van der Waals surface area contributed by atoms with E-state index in [2.05, 4.69) is 6.07 Å². The third-order valence-corrected chi connectivity index (χ3v) is 2.75. The molecule has 1 aliphatic heterocycles. The molecule has 0 saturated carbocycles. The van der Waals surface area contributed by atoms with E-state index in [0.29, 0.717) is 0 Å². The minimum Gasteiger partial charge on any atom is -0.345 e. The van der Waals surface area contributed by atoms with Crippen molar-refractivity contribution in [3.8, 4) is 0 Å². The highest BCUT2D eigenvalue weighted by atomic mass is 19.1. The van der Waals surface area contributed by atoms with E-state index < -0.39 is 6.30 Å². The van der Waals surface area contributed by atoms with Gasteiger partial charge in [-0.25, -0.2) is 4.39 Å². The van der Waals surface area contributed by atoms with Gasteiger partial charge in [-0.15, -0.1) is 0 Å². The van der Waals surface area contributed by atoms with Gasteiger partial charge in [-0.2, -0.15) is 0 Å². The fourth-order valence-corrected chi connectivity index (χ4v) is 1.99. The number of nitrogens with zero attached hydrogens (tertiary/aromatic N) is 1. The lowest BCUT2D eigenvalue weighted by Crippen LogP contribution is -2.38. The van der Waals surface area contributed by atoms with Crippen LogP contribution in [0.4, 0.5) is 10.1 Å². The van der Waals surface area contributed by atoms with Crippen LogP contribution < -0.4 is 4.90 Å². The number of alkyl halides is 1. The molecule has 0 saturated heterocycles. The van der Waals surface area contributed by atoms with Gasteiger partial charge in [0.05, 0.1) is 0 Å². The van der Waals surface area contributed by atoms with Crippen LogP contribution in [-0.4, -0.2) is 13.3 Å². The molecule has 1 aromatic rings. The zero-order valence-electron chi connectivity index (χ0n) is 8.00. The summed E-state index contributed by atoms with van der Waals surface area (Å²) < 4.78 is 13.6. The second-order valence-electron chi connectivity index (χ2n) is 3.79. The number of fused-ring (bicyclic) bond motifs is 1. The van der Waals surface area contributed by atoms with Gasteiger partial charge >= 0.3 is 0 Å². The first kappa shape index (κ1) is 8.54. The van der Waals surface area contributed by atoms with Crippen molar-refractivity contribution in [2.45, 2.75) is 19.6 Å². The van der Waals surface area contributed by atoms with E-state index in [4.69, 9.17) is 0 Å². The first-order valence-corrected chi connectivity index (χ1v) is 4.65. The van der Waals surface area contributed by atoms with Crippen LogP contribution in [0.3, 0.4) is 0 Å². The van der Waals surface area contributed by atoms with Gasteiger partial charge in [0.2, 0.25) is 0 Å². The molecule has 0 bridgehead atoms. The maximum atomic E-state index is 13.6. The van der Waals surface area contributed by atoms with Crippen LogP contribution in [0.1, 0.15) is 12.5 Å². The van der Waals surface area contributed by atoms with Crippen LogP contribution in [0.15, 0.2) is 24.3 Å². The summed E-state index contributed by atoms with van der Waals surface area (Å²) in [5.74, 6) is 0.0971. The molecule has 0 radical (unpaired) electrons. The van der Waals surface area contributed by atoms with Gasteiger partial charge in [-0.1, -0.05) is 25.1 Å². The minimum atomic E-state index is -0.838. The summed E-state index contributed by atoms with van der Waals surface area (Å²) in [6.45, 7) is 1.96. The Kier molecular flexibility index (Phi) is 1.98. The summed E-state index contributed by atoms with van der Waals surface area (Å²) in [5.41, 5.74) is 2.29. The molecular formula is C11H14FN. The number of benzene rings is 1. The largest absolute Gasteiger partial charge is 0.345 e. The fraction of sp³-hybridized carbons (Fsp3) is 0.455. The van der Waals surface area contributed by atoms with E-state index in [1.807, 2.05) is 32.2 Å². The average molecular weight is 179 g/mol. The Morgan fingerprint density at radius 3 is 2.85 bits per heavy atom. The predicted octanol–water partition coefficient (Wildman–Crippen LogP) is 2.61. The third kappa shape index (κ3) is 1.30. The Morgan fingerprint density at radius 1 is 1.38 bits per heavy atom. The number of hydrogen-bond donors (Lipinski definition) is 0. The van der Waals surface area contributed by atoms with E-state index in [9.17, 15) is 4.39 Å². The first-order chi connectivity index (χ1) is 6.20. The van der Waals surface area contributed by atoms with E-state index in [1.165, 1.54) is 5.56 Å². The maximum Gasteiger partial charge on any atom is 0.175 e. The smallest absolute Gasteiger partial charge is 0.175 e. The molecule has 1 aliphatic rings. The number of rotatable bonds is 0. The van der Waals surface area contributed by atoms with Gasteiger partial charge in [0.15, 0.2) is 6.30 Å². The molecule has 1 nitrogen and oxygen atoms in total. The summed E-state index contributed by atoms with van der Waals surface area (Å²) in [4.78, 5) is 1.73. The van der Waals surface area contributed by atoms with Crippen molar-refractivity contribution in [2.75, 3.05) is 11.9 Å². The van der Waals surface area contributed by atoms with E-state index in [-0.39, 0.29) is 5.92 Å². The van der Waals surface area contributed by atoms with Crippen molar-refractivity contribution in [1.82, 2.24) is 0 Å². The molecule has 2 heteroatoms. The third-order valence-electron chi connectivity index (χ3n) is 2.75. The molecule has 0 N–H and O–H groups in total. The number of anilines is 1. The first-order valence-electron chi connectivity index (χ1n) is 4.65. The second kappa shape index (κ2) is 3.02. The van der Waals surface area contributed by atoms with Gasteiger partial charge in [0, 0.05) is 18.7 Å². The lowest BCUT2D eigenvalue weighted by molar-refractivity contribution is 0.228. The number of hydrogen-bond acceptors (Lipinski definition) is 1. The molecule has 0 aliphatic carbocycles. The summed E-state index contributed by atoms with van der Waals surface area (Å²) in [7, 11) is 1.82. The van der Waals surface area contributed by atoms with Crippen LogP contribution in [0, 0.1) is 5.92 Å². The molecule has 1 aromatic carbocycles. The predicted molar refractivity (Wildman–Crippen MR) is 52.6 cm³/mol. The molecule has 13 heavy (non-hydrogen) atoms. The molecule has 0 amide bonds. The normalized spacial score (nSPS) is 27.2. The lowest BCUT2D eigenvalue weighted by Gasteiger charge is -2.35. The van der Waals surface area contributed by atoms with E-state index >= 15 is 0 Å². The molecule has 0 spiro atoms. The Labute approximate surface area is 78.2 Å². The Hall–Kier alpha value is -1.05. The summed E-state index contributed by atoms with van der Waals surface area (Å²) in [6, 6.07) is 8.03. The van der Waals surface area contributed by atoms with Gasteiger partial charge in [-0.3, -0.25) is 0 Å². The van der Waals surface area contributed by atoms with Crippen molar-refractivity contribution in [3.63, 3.8) is 0 Å². The van der Waals surface area contributed by atoms with Crippen LogP contribution >= 0.6 is 0 Å². The monoisotopic (exact) mass is 179 g/mol. The summed E-state index contributed by atoms with van der Waals surface area (Å²) in [6.07, 6.45) is 0.0108. The maximum absolute atomic E-state index is 13.6. The molecular weight excluding hydrogens is 165 g/mol. The topological polar surface area (TPSA) is 3.24 Å². The molecule has 2 atom stereocenters. The number of halogens is 1. The molecule has 1 unspecified atom stereocenters. The van der Waals surface area contributed by atoms with Crippen LogP contribution in [0.5, 0.6) is 0 Å². The van der Waals surface area contributed by atoms with Crippen molar-refractivity contribution in [2.24, 2.45) is 5.92 Å². The summed E-state index contributed by atoms with van der Waals surface area (Å²) >= 11 is 0. The van der Waals surface area contributed by atoms with Gasteiger partial charge in [-0.05, 0) is 18.1 Å². The van der Waals surface area contributed by atoms with Crippen molar-refractivity contribution in [1.29, 1.82) is 0 Å². The van der Waals surface area contributed by atoms with Crippen LogP contribution in [0.25, 0.3) is 0 Å². The van der Waals surface area contributed by atoms with Crippen molar-refractivity contribution >= 4 is 5.69 Å². The fourth-order valence-electron chi connectivity index (χ4n) is 1.99. The standard InChI is InChI=1S/C11H14FN/c1-8-7-9-5-3-4-6-10(9)13(2)11(8)12/h3-6,8,11H,7H2,1-2H3/t8?,11-/m1/s1. The highest BCUT2D eigenvalue weighted by Crippen LogP contribution is 2.32. The molecule has 2 rings (SSSR count). The number of para-hydroxylation sites is 1. The quantitative estimate of drug-likeness (QED) is 0.553. The zero-order chi connectivity index (χ0) is 9.42. The second-order valence-corrected chi connectivity index (χ2v) is 3.79. The molecule has 0 fully saturated rings. The summed E-state index contributed by atoms with van der Waals surface area (Å²) in [5, 5.41) is 0. The van der Waals surface area contributed by atoms with Crippen molar-refractivity contribution in [3.05, 3.63) is 29.8 Å². The van der Waals surface area contributed by atoms with E-state index in [1.54, 1.807) is 4.90 Å². The molecule has 0 aromatic heterocycles.